The van der Waals surface area contributed by atoms with Crippen molar-refractivity contribution in [2.45, 2.75) is 54.4 Å². The molecule has 0 aliphatic carbocycles. The molecule has 8 heterocycles. The average molecular weight is 671 g/mol. The molecule has 48 heavy (non-hydrogen) atoms. The summed E-state index contributed by atoms with van der Waals surface area (Å²) in [5.74, 6) is 1.71. The number of aromatic nitrogens is 8. The lowest BCUT2D eigenvalue weighted by atomic mass is 10.2. The summed E-state index contributed by atoms with van der Waals surface area (Å²) in [6.45, 7) is 12.3. The van der Waals surface area contributed by atoms with Crippen LogP contribution in [0.3, 0.4) is 0 Å². The maximum atomic E-state index is 4.73. The summed E-state index contributed by atoms with van der Waals surface area (Å²) in [7, 11) is 0. The Morgan fingerprint density at radius 2 is 1.27 bits per heavy atom. The van der Waals surface area contributed by atoms with Crippen LogP contribution in [-0.2, 0) is 12.8 Å². The predicted molar refractivity (Wildman–Crippen MR) is 200 cm³/mol. The summed E-state index contributed by atoms with van der Waals surface area (Å²) in [6.07, 6.45) is 7.37. The van der Waals surface area contributed by atoms with Gasteiger partial charge in [0.15, 0.2) is 11.6 Å². The third kappa shape index (κ3) is 6.81. The van der Waals surface area contributed by atoms with E-state index in [-0.39, 0.29) is 0 Å². The van der Waals surface area contributed by atoms with Crippen molar-refractivity contribution in [2.24, 2.45) is 0 Å². The van der Waals surface area contributed by atoms with E-state index >= 15 is 0 Å². The highest BCUT2D eigenvalue weighted by Gasteiger charge is 2.17. The minimum absolute atomic E-state index is 0.852. The minimum Gasteiger partial charge on any atom is -0.245 e. The summed E-state index contributed by atoms with van der Waals surface area (Å²) in [6, 6.07) is 26.7. The highest BCUT2D eigenvalue weighted by molar-refractivity contribution is 7.22. The molecule has 0 aliphatic heterocycles. The molecule has 0 saturated heterocycles. The van der Waals surface area contributed by atoms with Crippen LogP contribution in [0.1, 0.15) is 50.3 Å². The number of aryl methyl sites for hydroxylation is 4. The molecule has 10 heteroatoms. The van der Waals surface area contributed by atoms with Crippen LogP contribution in [0.25, 0.3) is 53.2 Å². The molecule has 0 spiro atoms. The second-order valence-electron chi connectivity index (χ2n) is 10.9. The van der Waals surface area contributed by atoms with Crippen LogP contribution in [0.4, 0.5) is 0 Å². The maximum Gasteiger partial charge on any atom is 0.154 e. The zero-order chi connectivity index (χ0) is 33.6. The Balaban J connectivity index is 0.000000159. The molecule has 8 aromatic heterocycles. The molecule has 8 nitrogen and oxygen atoms in total. The number of fused-ring (bicyclic) bond motifs is 2. The normalized spacial score (nSPS) is 10.9. The van der Waals surface area contributed by atoms with Crippen LogP contribution in [0.15, 0.2) is 97.5 Å². The molecule has 8 aromatic rings. The Morgan fingerprint density at radius 3 is 1.92 bits per heavy atom. The molecule has 0 bridgehead atoms. The van der Waals surface area contributed by atoms with Gasteiger partial charge in [0.1, 0.15) is 9.66 Å². The fraction of sp³-hybridized carbons (Fsp3) is 0.211. The molecule has 242 valence electrons. The first kappa shape index (κ1) is 32.9. The number of hydrogen-bond donors (Lipinski definition) is 0. The highest BCUT2D eigenvalue weighted by Crippen LogP contribution is 2.35. The van der Waals surface area contributed by atoms with Gasteiger partial charge in [-0.2, -0.15) is 10.2 Å². The lowest BCUT2D eigenvalue weighted by Crippen LogP contribution is -2.03. The Hall–Kier alpha value is -5.06. The predicted octanol–water partition coefficient (Wildman–Crippen LogP) is 9.86. The number of nitrogens with zero attached hydrogens (tertiary/aromatic N) is 8. The van der Waals surface area contributed by atoms with Gasteiger partial charge in [0.2, 0.25) is 0 Å². The van der Waals surface area contributed by atoms with Crippen LogP contribution in [0.5, 0.6) is 0 Å². The minimum atomic E-state index is 0.852. The third-order valence-electron chi connectivity index (χ3n) is 7.61. The van der Waals surface area contributed by atoms with Crippen LogP contribution >= 0.6 is 22.7 Å². The van der Waals surface area contributed by atoms with E-state index in [9.17, 15) is 0 Å². The quantitative estimate of drug-likeness (QED) is 0.175. The molecule has 0 saturated carbocycles. The fourth-order valence-corrected chi connectivity index (χ4v) is 7.37. The SMILES string of the molecule is CC.CCc1cc(-c2cc3cccnc3s2)n(-c2cccc(C)n2)n1.CCc1cccc(-n2ncc(C)c2-c2cc3cccnc3s2)n1. The highest BCUT2D eigenvalue weighted by atomic mass is 32.1. The van der Waals surface area contributed by atoms with E-state index in [0.717, 1.165) is 88.7 Å². The molecule has 0 radical (unpaired) electrons. The van der Waals surface area contributed by atoms with Crippen LogP contribution in [-0.4, -0.2) is 39.5 Å². The first-order valence-corrected chi connectivity index (χ1v) is 17.9. The molecule has 0 amide bonds. The van der Waals surface area contributed by atoms with E-state index in [2.05, 4.69) is 71.2 Å². The van der Waals surface area contributed by atoms with Gasteiger partial charge < -0.3 is 0 Å². The van der Waals surface area contributed by atoms with Gasteiger partial charge in [-0.15, -0.1) is 22.7 Å². The second-order valence-corrected chi connectivity index (χ2v) is 12.9. The van der Waals surface area contributed by atoms with E-state index in [1.165, 1.54) is 0 Å². The first-order valence-electron chi connectivity index (χ1n) is 16.2. The Kier molecular flexibility index (Phi) is 10.1. The van der Waals surface area contributed by atoms with E-state index in [1.54, 1.807) is 22.7 Å². The number of rotatable bonds is 6. The van der Waals surface area contributed by atoms with Crippen molar-refractivity contribution in [1.29, 1.82) is 0 Å². The number of hydrogen-bond acceptors (Lipinski definition) is 8. The van der Waals surface area contributed by atoms with Gasteiger partial charge in [-0.3, -0.25) is 0 Å². The zero-order valence-corrected chi connectivity index (χ0v) is 29.7. The zero-order valence-electron chi connectivity index (χ0n) is 28.0. The van der Waals surface area contributed by atoms with Gasteiger partial charge in [-0.05, 0) is 86.8 Å². The van der Waals surface area contributed by atoms with Gasteiger partial charge in [-0.1, -0.05) is 52.0 Å². The molecule has 0 fully saturated rings. The van der Waals surface area contributed by atoms with Gasteiger partial charge in [0.05, 0.1) is 33.0 Å². The van der Waals surface area contributed by atoms with Gasteiger partial charge in [-0.25, -0.2) is 29.3 Å². The van der Waals surface area contributed by atoms with Crippen molar-refractivity contribution in [2.75, 3.05) is 0 Å². The van der Waals surface area contributed by atoms with Crippen molar-refractivity contribution >= 4 is 43.1 Å². The van der Waals surface area contributed by atoms with Gasteiger partial charge in [0, 0.05) is 34.6 Å². The van der Waals surface area contributed by atoms with E-state index in [0.29, 0.717) is 0 Å². The van der Waals surface area contributed by atoms with Crippen molar-refractivity contribution in [3.05, 3.63) is 120 Å². The van der Waals surface area contributed by atoms with E-state index < -0.39 is 0 Å². The average Bonchev–Trinajstić information content (AvgIpc) is 3.93. The molecule has 0 aliphatic rings. The third-order valence-corrected chi connectivity index (χ3v) is 9.76. The Bertz CT molecular complexity index is 2230. The van der Waals surface area contributed by atoms with Gasteiger partial charge in [0.25, 0.3) is 0 Å². The standard InChI is InChI=1S/2C18H16N4S.C2H6/c1-3-14-7-4-8-16(21-14)22-17(12(2)11-20-22)15-10-13-6-5-9-19-18(13)23-15;1-3-14-11-15(16-10-13-7-5-9-19-18(13)23-16)22(21-14)17-8-4-6-12(2)20-17;1-2/h2*4-11H,3H2,1-2H3;1-2H3. The van der Waals surface area contributed by atoms with Crippen molar-refractivity contribution in [3.63, 3.8) is 0 Å². The summed E-state index contributed by atoms with van der Waals surface area (Å²) in [5, 5.41) is 11.6. The van der Waals surface area contributed by atoms with Crippen molar-refractivity contribution in [3.8, 4) is 32.8 Å². The Labute approximate surface area is 288 Å². The summed E-state index contributed by atoms with van der Waals surface area (Å²) < 4.78 is 3.87. The van der Waals surface area contributed by atoms with Crippen LogP contribution in [0, 0.1) is 13.8 Å². The second kappa shape index (κ2) is 14.8. The molecule has 0 aromatic carbocycles. The smallest absolute Gasteiger partial charge is 0.154 e. The van der Waals surface area contributed by atoms with Crippen LogP contribution < -0.4 is 0 Å². The Morgan fingerprint density at radius 1 is 0.646 bits per heavy atom. The lowest BCUT2D eigenvalue weighted by Gasteiger charge is -2.07. The molecule has 0 N–H and O–H groups in total. The summed E-state index contributed by atoms with van der Waals surface area (Å²) >= 11 is 3.38. The lowest BCUT2D eigenvalue weighted by molar-refractivity contribution is 0.818. The monoisotopic (exact) mass is 670 g/mol. The van der Waals surface area contributed by atoms with Crippen molar-refractivity contribution in [1.82, 2.24) is 39.5 Å². The summed E-state index contributed by atoms with van der Waals surface area (Å²) in [4.78, 5) is 22.6. The fourth-order valence-electron chi connectivity index (χ4n) is 5.27. The molecular formula is C38H38N8S2. The first-order chi connectivity index (χ1) is 23.5. The van der Waals surface area contributed by atoms with Gasteiger partial charge >= 0.3 is 0 Å². The molecule has 8 rings (SSSR count). The van der Waals surface area contributed by atoms with Crippen LogP contribution in [0.2, 0.25) is 0 Å². The molecule has 0 unspecified atom stereocenters. The number of pyridine rings is 4. The summed E-state index contributed by atoms with van der Waals surface area (Å²) in [5.41, 5.74) is 6.42. The van der Waals surface area contributed by atoms with E-state index in [4.69, 9.17) is 10.1 Å². The number of thiophene rings is 2. The largest absolute Gasteiger partial charge is 0.245 e. The van der Waals surface area contributed by atoms with Crippen molar-refractivity contribution < 1.29 is 0 Å². The molecular weight excluding hydrogens is 633 g/mol. The molecule has 0 atom stereocenters. The maximum absolute atomic E-state index is 4.73. The van der Waals surface area contributed by atoms with E-state index in [1.807, 2.05) is 97.3 Å². The topological polar surface area (TPSA) is 87.2 Å².